The van der Waals surface area contributed by atoms with Crippen molar-refractivity contribution in [3.05, 3.63) is 0 Å². The van der Waals surface area contributed by atoms with E-state index in [9.17, 15) is 9.59 Å². The van der Waals surface area contributed by atoms with Gasteiger partial charge in [0.05, 0.1) is 13.5 Å². The van der Waals surface area contributed by atoms with Crippen molar-refractivity contribution < 1.29 is 19.4 Å². The fraction of sp³-hybridized carbons (Fsp3) is 0.778. The number of carbonyl (C=O) groups is 2. The molecule has 0 heterocycles. The molecule has 82 valence electrons. The highest BCUT2D eigenvalue weighted by Gasteiger charge is 2.31. The number of rotatable bonds is 6. The lowest BCUT2D eigenvalue weighted by atomic mass is 10.1. The number of thioether (sulfide) groups is 1. The highest BCUT2D eigenvalue weighted by atomic mass is 32.2. The van der Waals surface area contributed by atoms with E-state index in [1.165, 1.54) is 18.9 Å². The molecule has 1 atom stereocenters. The number of esters is 1. The van der Waals surface area contributed by atoms with Crippen molar-refractivity contribution in [2.45, 2.75) is 31.4 Å². The van der Waals surface area contributed by atoms with Crippen LogP contribution >= 0.6 is 11.8 Å². The minimum Gasteiger partial charge on any atom is -0.480 e. The Balaban J connectivity index is 3.97. The van der Waals surface area contributed by atoms with Crippen LogP contribution in [0.3, 0.4) is 0 Å². The van der Waals surface area contributed by atoms with Gasteiger partial charge in [0, 0.05) is 5.75 Å². The van der Waals surface area contributed by atoms with Crippen molar-refractivity contribution in [3.63, 3.8) is 0 Å². The molecule has 5 heteroatoms. The minimum absolute atomic E-state index is 0.254. The summed E-state index contributed by atoms with van der Waals surface area (Å²) < 4.78 is 3.66. The number of carboxylic acid groups (broad SMARTS) is 1. The molecule has 14 heavy (non-hydrogen) atoms. The topological polar surface area (TPSA) is 63.6 Å². The summed E-state index contributed by atoms with van der Waals surface area (Å²) in [6, 6.07) is 0. The van der Waals surface area contributed by atoms with Crippen molar-refractivity contribution in [2.24, 2.45) is 0 Å². The first-order valence-electron chi connectivity index (χ1n) is 4.40. The summed E-state index contributed by atoms with van der Waals surface area (Å²) in [4.78, 5) is 21.6. The predicted octanol–water partition coefficient (Wildman–Crippen LogP) is 1.54. The van der Waals surface area contributed by atoms with Gasteiger partial charge in [0.2, 0.25) is 0 Å². The number of hydrogen-bond donors (Lipinski definition) is 1. The molecule has 0 amide bonds. The van der Waals surface area contributed by atoms with Crippen molar-refractivity contribution in [1.29, 1.82) is 0 Å². The molecule has 1 unspecified atom stereocenters. The molecular weight excluding hydrogens is 204 g/mol. The number of hydrogen-bond acceptors (Lipinski definition) is 4. The molecule has 0 fully saturated rings. The largest absolute Gasteiger partial charge is 0.480 e. The summed E-state index contributed by atoms with van der Waals surface area (Å²) in [5.41, 5.74) is 0. The molecule has 0 saturated carbocycles. The van der Waals surface area contributed by atoms with Crippen LogP contribution in [0.25, 0.3) is 0 Å². The maximum Gasteiger partial charge on any atom is 0.319 e. The Labute approximate surface area is 88.0 Å². The zero-order valence-corrected chi connectivity index (χ0v) is 9.52. The van der Waals surface area contributed by atoms with E-state index in [0.717, 1.165) is 0 Å². The van der Waals surface area contributed by atoms with Crippen molar-refractivity contribution in [3.8, 4) is 0 Å². The van der Waals surface area contributed by atoms with Crippen LogP contribution in [0.4, 0.5) is 0 Å². The zero-order valence-electron chi connectivity index (χ0n) is 8.70. The molecule has 0 aromatic carbocycles. The maximum absolute atomic E-state index is 10.9. The standard InChI is InChI=1S/C9H16O4S/c1-4-9(2,8(11)12)14-6-5-7(10)13-3/h4-6H2,1-3H3,(H,11,12). The normalized spacial score (nSPS) is 14.5. The van der Waals surface area contributed by atoms with Crippen molar-refractivity contribution in [2.75, 3.05) is 12.9 Å². The average molecular weight is 220 g/mol. The number of aliphatic carboxylic acids is 1. The third kappa shape index (κ3) is 4.00. The van der Waals surface area contributed by atoms with Crippen LogP contribution in [-0.4, -0.2) is 34.7 Å². The van der Waals surface area contributed by atoms with E-state index in [1.54, 1.807) is 6.92 Å². The summed E-state index contributed by atoms with van der Waals surface area (Å²) in [5.74, 6) is -0.667. The van der Waals surface area contributed by atoms with Gasteiger partial charge >= 0.3 is 11.9 Å². The van der Waals surface area contributed by atoms with Gasteiger partial charge in [0.15, 0.2) is 0 Å². The van der Waals surface area contributed by atoms with Crippen molar-refractivity contribution >= 4 is 23.7 Å². The van der Waals surface area contributed by atoms with E-state index < -0.39 is 10.7 Å². The lowest BCUT2D eigenvalue weighted by Gasteiger charge is -2.21. The Kier molecular flexibility index (Phi) is 5.60. The molecule has 0 aromatic rings. The molecule has 0 spiro atoms. The van der Waals surface area contributed by atoms with Gasteiger partial charge in [0.1, 0.15) is 4.75 Å². The third-order valence-corrected chi connectivity index (χ3v) is 3.59. The smallest absolute Gasteiger partial charge is 0.319 e. The SMILES string of the molecule is CCC(C)(SCCC(=O)OC)C(=O)O. The Hall–Kier alpha value is -0.710. The molecule has 0 aliphatic rings. The Bertz CT molecular complexity index is 217. The van der Waals surface area contributed by atoms with Gasteiger partial charge in [-0.3, -0.25) is 9.59 Å². The molecule has 4 nitrogen and oxygen atoms in total. The fourth-order valence-electron chi connectivity index (χ4n) is 0.777. The van der Waals surface area contributed by atoms with Crippen LogP contribution in [0.5, 0.6) is 0 Å². The van der Waals surface area contributed by atoms with Gasteiger partial charge in [-0.2, -0.15) is 0 Å². The first-order valence-corrected chi connectivity index (χ1v) is 5.39. The Morgan fingerprint density at radius 1 is 1.50 bits per heavy atom. The molecule has 0 bridgehead atoms. The second-order valence-electron chi connectivity index (χ2n) is 3.06. The summed E-state index contributed by atoms with van der Waals surface area (Å²) in [6.07, 6.45) is 0.790. The van der Waals surface area contributed by atoms with Crippen LogP contribution in [0.2, 0.25) is 0 Å². The fourth-order valence-corrected chi connectivity index (χ4v) is 1.82. The molecule has 0 aliphatic heterocycles. The monoisotopic (exact) mass is 220 g/mol. The molecule has 0 saturated heterocycles. The first-order chi connectivity index (χ1) is 6.46. The second kappa shape index (κ2) is 5.90. The number of carboxylic acids is 1. The third-order valence-electron chi connectivity index (χ3n) is 2.08. The van der Waals surface area contributed by atoms with E-state index in [-0.39, 0.29) is 12.4 Å². The summed E-state index contributed by atoms with van der Waals surface area (Å²) >= 11 is 1.28. The highest BCUT2D eigenvalue weighted by Crippen LogP contribution is 2.29. The van der Waals surface area contributed by atoms with E-state index in [4.69, 9.17) is 5.11 Å². The lowest BCUT2D eigenvalue weighted by molar-refractivity contribution is -0.141. The van der Waals surface area contributed by atoms with E-state index in [1.807, 2.05) is 6.92 Å². The zero-order chi connectivity index (χ0) is 11.2. The molecule has 0 rings (SSSR count). The van der Waals surface area contributed by atoms with Crippen LogP contribution < -0.4 is 0 Å². The van der Waals surface area contributed by atoms with Crippen LogP contribution in [0, 0.1) is 0 Å². The summed E-state index contributed by atoms with van der Waals surface area (Å²) in [6.45, 7) is 3.48. The minimum atomic E-state index is -0.838. The van der Waals surface area contributed by atoms with Crippen LogP contribution in [0.1, 0.15) is 26.7 Å². The Morgan fingerprint density at radius 3 is 2.43 bits per heavy atom. The molecular formula is C9H16O4S. The van der Waals surface area contributed by atoms with Gasteiger partial charge in [-0.1, -0.05) is 6.92 Å². The highest BCUT2D eigenvalue weighted by molar-refractivity contribution is 8.01. The Morgan fingerprint density at radius 2 is 2.07 bits per heavy atom. The molecule has 1 N–H and O–H groups in total. The number of carbonyl (C=O) groups excluding carboxylic acids is 1. The number of ether oxygens (including phenoxy) is 1. The van der Waals surface area contributed by atoms with E-state index in [0.29, 0.717) is 12.2 Å². The van der Waals surface area contributed by atoms with Gasteiger partial charge in [-0.25, -0.2) is 0 Å². The van der Waals surface area contributed by atoms with Gasteiger partial charge in [-0.15, -0.1) is 11.8 Å². The molecule has 0 aliphatic carbocycles. The van der Waals surface area contributed by atoms with E-state index >= 15 is 0 Å². The summed E-state index contributed by atoms with van der Waals surface area (Å²) in [5, 5.41) is 8.92. The van der Waals surface area contributed by atoms with Crippen LogP contribution in [-0.2, 0) is 14.3 Å². The van der Waals surface area contributed by atoms with Gasteiger partial charge < -0.3 is 9.84 Å². The van der Waals surface area contributed by atoms with Gasteiger partial charge in [0.25, 0.3) is 0 Å². The number of methoxy groups -OCH3 is 1. The van der Waals surface area contributed by atoms with Crippen molar-refractivity contribution in [1.82, 2.24) is 0 Å². The quantitative estimate of drug-likeness (QED) is 0.688. The van der Waals surface area contributed by atoms with Crippen LogP contribution in [0.15, 0.2) is 0 Å². The first kappa shape index (κ1) is 13.3. The maximum atomic E-state index is 10.9. The second-order valence-corrected chi connectivity index (χ2v) is 4.66. The predicted molar refractivity (Wildman–Crippen MR) is 55.4 cm³/mol. The lowest BCUT2D eigenvalue weighted by Crippen LogP contribution is -2.31. The molecule has 0 radical (unpaired) electrons. The van der Waals surface area contributed by atoms with Gasteiger partial charge in [-0.05, 0) is 13.3 Å². The molecule has 0 aromatic heterocycles. The summed E-state index contributed by atoms with van der Waals surface area (Å²) in [7, 11) is 1.32. The average Bonchev–Trinajstić information content (AvgIpc) is 2.16. The van der Waals surface area contributed by atoms with E-state index in [2.05, 4.69) is 4.74 Å².